The van der Waals surface area contributed by atoms with Crippen molar-refractivity contribution in [2.45, 2.75) is 0 Å². The second-order valence-corrected chi connectivity index (χ2v) is 5.92. The minimum absolute atomic E-state index is 0.322. The van der Waals surface area contributed by atoms with Gasteiger partial charge in [0.15, 0.2) is 0 Å². The predicted octanol–water partition coefficient (Wildman–Crippen LogP) is 4.90. The van der Waals surface area contributed by atoms with Crippen LogP contribution in [0.1, 0.15) is 0 Å². The van der Waals surface area contributed by atoms with Crippen molar-refractivity contribution in [3.8, 4) is 17.1 Å². The molecule has 0 saturated heterocycles. The molecule has 102 valence electrons. The van der Waals surface area contributed by atoms with Gasteiger partial charge in [0.25, 0.3) is 0 Å². The number of imidazole rings is 1. The van der Waals surface area contributed by atoms with E-state index < -0.39 is 0 Å². The third kappa shape index (κ3) is 2.33. The van der Waals surface area contributed by atoms with Gasteiger partial charge < -0.3 is 9.72 Å². The fraction of sp³-hybridized carbons (Fsp3) is 0.0714. The standard InChI is InChI=1S/C14H9Br2FN2O/c1-20-7-2-3-9(15)8(4-7)14-18-12-5-10(16)11(17)6-13(12)19-14/h2-6H,1H3,(H,18,19). The van der Waals surface area contributed by atoms with E-state index in [9.17, 15) is 4.39 Å². The SMILES string of the molecule is COc1ccc(Br)c(-c2nc3cc(Br)c(F)cc3[nH]2)c1. The Morgan fingerprint density at radius 3 is 2.70 bits per heavy atom. The molecule has 0 spiro atoms. The fourth-order valence-electron chi connectivity index (χ4n) is 1.95. The maximum Gasteiger partial charge on any atom is 0.139 e. The van der Waals surface area contributed by atoms with Crippen LogP contribution in [0.4, 0.5) is 4.39 Å². The van der Waals surface area contributed by atoms with Crippen LogP contribution < -0.4 is 4.74 Å². The number of nitrogens with zero attached hydrogens (tertiary/aromatic N) is 1. The Kier molecular flexibility index (Phi) is 3.52. The zero-order chi connectivity index (χ0) is 14.3. The van der Waals surface area contributed by atoms with Gasteiger partial charge in [0.05, 0.1) is 22.6 Å². The number of methoxy groups -OCH3 is 1. The summed E-state index contributed by atoms with van der Waals surface area (Å²) in [4.78, 5) is 7.60. The molecule has 0 unspecified atom stereocenters. The van der Waals surface area contributed by atoms with Gasteiger partial charge in [0, 0.05) is 16.1 Å². The Hall–Kier alpha value is -1.40. The van der Waals surface area contributed by atoms with Crippen molar-refractivity contribution < 1.29 is 9.13 Å². The van der Waals surface area contributed by atoms with E-state index in [2.05, 4.69) is 41.8 Å². The summed E-state index contributed by atoms with van der Waals surface area (Å²) in [5, 5.41) is 0. The van der Waals surface area contributed by atoms with Crippen LogP contribution in [-0.4, -0.2) is 17.1 Å². The van der Waals surface area contributed by atoms with Crippen LogP contribution in [0.2, 0.25) is 0 Å². The predicted molar refractivity (Wildman–Crippen MR) is 83.4 cm³/mol. The summed E-state index contributed by atoms with van der Waals surface area (Å²) in [6.45, 7) is 0. The number of fused-ring (bicyclic) bond motifs is 1. The first-order valence-electron chi connectivity index (χ1n) is 5.77. The number of benzene rings is 2. The van der Waals surface area contributed by atoms with E-state index in [1.807, 2.05) is 18.2 Å². The number of rotatable bonds is 2. The Balaban J connectivity index is 2.19. The number of hydrogen-bond donors (Lipinski definition) is 1. The Morgan fingerprint density at radius 1 is 1.15 bits per heavy atom. The van der Waals surface area contributed by atoms with Gasteiger partial charge in [-0.15, -0.1) is 0 Å². The summed E-state index contributed by atoms with van der Waals surface area (Å²) in [5.41, 5.74) is 2.20. The molecule has 0 fully saturated rings. The van der Waals surface area contributed by atoms with E-state index in [0.29, 0.717) is 21.3 Å². The minimum atomic E-state index is -0.322. The largest absolute Gasteiger partial charge is 0.497 e. The summed E-state index contributed by atoms with van der Waals surface area (Å²) >= 11 is 6.64. The van der Waals surface area contributed by atoms with E-state index in [-0.39, 0.29) is 5.82 Å². The maximum atomic E-state index is 13.5. The van der Waals surface area contributed by atoms with Gasteiger partial charge in [0.1, 0.15) is 17.4 Å². The summed E-state index contributed by atoms with van der Waals surface area (Å²) in [7, 11) is 1.61. The van der Waals surface area contributed by atoms with Gasteiger partial charge >= 0.3 is 0 Å². The Bertz CT molecular complexity index is 762. The molecule has 3 aromatic rings. The van der Waals surface area contributed by atoms with E-state index in [1.54, 1.807) is 13.2 Å². The zero-order valence-electron chi connectivity index (χ0n) is 10.4. The van der Waals surface area contributed by atoms with E-state index in [1.165, 1.54) is 6.07 Å². The first kappa shape index (κ1) is 13.6. The molecule has 2 aromatic carbocycles. The second-order valence-electron chi connectivity index (χ2n) is 4.21. The van der Waals surface area contributed by atoms with Crippen molar-refractivity contribution in [2.24, 2.45) is 0 Å². The molecule has 0 atom stereocenters. The highest BCUT2D eigenvalue weighted by atomic mass is 79.9. The van der Waals surface area contributed by atoms with Gasteiger partial charge in [-0.25, -0.2) is 9.37 Å². The molecule has 3 nitrogen and oxygen atoms in total. The summed E-state index contributed by atoms with van der Waals surface area (Å²) < 4.78 is 20.0. The monoisotopic (exact) mass is 398 g/mol. The van der Waals surface area contributed by atoms with Gasteiger partial charge in [-0.3, -0.25) is 0 Å². The lowest BCUT2D eigenvalue weighted by atomic mass is 10.2. The highest BCUT2D eigenvalue weighted by molar-refractivity contribution is 9.10. The molecule has 0 bridgehead atoms. The number of halogens is 3. The average Bonchev–Trinajstić information content (AvgIpc) is 2.82. The lowest BCUT2D eigenvalue weighted by Crippen LogP contribution is -1.86. The van der Waals surface area contributed by atoms with Crippen molar-refractivity contribution in [1.82, 2.24) is 9.97 Å². The molecule has 1 N–H and O–H groups in total. The second kappa shape index (κ2) is 5.18. The van der Waals surface area contributed by atoms with Crippen molar-refractivity contribution in [3.05, 3.63) is 45.1 Å². The van der Waals surface area contributed by atoms with Crippen LogP contribution in [-0.2, 0) is 0 Å². The quantitative estimate of drug-likeness (QED) is 0.665. The van der Waals surface area contributed by atoms with E-state index in [4.69, 9.17) is 4.74 Å². The molecule has 20 heavy (non-hydrogen) atoms. The molecule has 1 heterocycles. The van der Waals surface area contributed by atoms with Crippen molar-refractivity contribution in [3.63, 3.8) is 0 Å². The molecule has 0 saturated carbocycles. The molecular weight excluding hydrogens is 391 g/mol. The summed E-state index contributed by atoms with van der Waals surface area (Å²) in [6, 6.07) is 8.68. The topological polar surface area (TPSA) is 37.9 Å². The molecular formula is C14H9Br2FN2O. The van der Waals surface area contributed by atoms with Crippen molar-refractivity contribution >= 4 is 42.9 Å². The Labute approximate surface area is 131 Å². The number of aromatic nitrogens is 2. The maximum absolute atomic E-state index is 13.5. The zero-order valence-corrected chi connectivity index (χ0v) is 13.5. The van der Waals surface area contributed by atoms with Gasteiger partial charge in [0.2, 0.25) is 0 Å². The van der Waals surface area contributed by atoms with E-state index >= 15 is 0 Å². The smallest absolute Gasteiger partial charge is 0.139 e. The molecule has 0 aliphatic rings. The van der Waals surface area contributed by atoms with Crippen molar-refractivity contribution in [1.29, 1.82) is 0 Å². The molecule has 0 amide bonds. The lowest BCUT2D eigenvalue weighted by Gasteiger charge is -2.04. The molecule has 0 aliphatic carbocycles. The van der Waals surface area contributed by atoms with Crippen LogP contribution in [0.15, 0.2) is 39.3 Å². The summed E-state index contributed by atoms with van der Waals surface area (Å²) in [5.74, 6) is 1.07. The first-order valence-corrected chi connectivity index (χ1v) is 7.36. The normalized spacial score (nSPS) is 11.0. The lowest BCUT2D eigenvalue weighted by molar-refractivity contribution is 0.415. The highest BCUT2D eigenvalue weighted by Crippen LogP contribution is 2.32. The third-order valence-electron chi connectivity index (χ3n) is 2.95. The van der Waals surface area contributed by atoms with Crippen LogP contribution in [0.5, 0.6) is 5.75 Å². The number of H-pyrrole nitrogens is 1. The van der Waals surface area contributed by atoms with Crippen LogP contribution in [0, 0.1) is 5.82 Å². The number of ether oxygens (including phenoxy) is 1. The van der Waals surface area contributed by atoms with Crippen LogP contribution in [0.3, 0.4) is 0 Å². The molecule has 3 rings (SSSR count). The van der Waals surface area contributed by atoms with Crippen LogP contribution in [0.25, 0.3) is 22.4 Å². The molecule has 0 radical (unpaired) electrons. The fourth-order valence-corrected chi connectivity index (χ4v) is 2.71. The molecule has 0 aliphatic heterocycles. The van der Waals surface area contributed by atoms with Gasteiger partial charge in [-0.05, 0) is 40.2 Å². The molecule has 6 heteroatoms. The summed E-state index contributed by atoms with van der Waals surface area (Å²) in [6.07, 6.45) is 0. The average molecular weight is 400 g/mol. The van der Waals surface area contributed by atoms with Gasteiger partial charge in [-0.2, -0.15) is 0 Å². The Morgan fingerprint density at radius 2 is 1.95 bits per heavy atom. The van der Waals surface area contributed by atoms with Gasteiger partial charge in [-0.1, -0.05) is 15.9 Å². The van der Waals surface area contributed by atoms with Crippen LogP contribution >= 0.6 is 31.9 Å². The van der Waals surface area contributed by atoms with E-state index in [0.717, 1.165) is 15.8 Å². The number of aromatic amines is 1. The van der Waals surface area contributed by atoms with Crippen molar-refractivity contribution in [2.75, 3.05) is 7.11 Å². The minimum Gasteiger partial charge on any atom is -0.497 e. The first-order chi connectivity index (χ1) is 9.58. The third-order valence-corrected chi connectivity index (χ3v) is 4.25. The highest BCUT2D eigenvalue weighted by Gasteiger charge is 2.12. The number of hydrogen-bond acceptors (Lipinski definition) is 2. The molecule has 1 aromatic heterocycles. The number of nitrogens with one attached hydrogen (secondary N) is 1.